The van der Waals surface area contributed by atoms with Gasteiger partial charge in [0.2, 0.25) is 5.91 Å². The minimum Gasteiger partial charge on any atom is -0.496 e. The normalized spacial score (nSPS) is 14.1. The van der Waals surface area contributed by atoms with E-state index in [2.05, 4.69) is 5.38 Å². The highest BCUT2D eigenvalue weighted by Gasteiger charge is 2.21. The van der Waals surface area contributed by atoms with Crippen molar-refractivity contribution >= 4 is 22.9 Å². The van der Waals surface area contributed by atoms with Crippen molar-refractivity contribution in [2.45, 2.75) is 12.8 Å². The van der Waals surface area contributed by atoms with Gasteiger partial charge in [0.25, 0.3) is 0 Å². The number of anilines is 1. The Labute approximate surface area is 150 Å². The van der Waals surface area contributed by atoms with Crippen molar-refractivity contribution in [2.75, 3.05) is 18.6 Å². The van der Waals surface area contributed by atoms with E-state index in [1.54, 1.807) is 18.4 Å². The predicted octanol–water partition coefficient (Wildman–Crippen LogP) is 4.61. The largest absolute Gasteiger partial charge is 0.496 e. The molecule has 25 heavy (non-hydrogen) atoms. The Morgan fingerprint density at radius 2 is 1.92 bits per heavy atom. The zero-order chi connectivity index (χ0) is 17.2. The van der Waals surface area contributed by atoms with E-state index in [1.165, 1.54) is 0 Å². The average Bonchev–Trinajstić information content (AvgIpc) is 3.31. The maximum atomic E-state index is 11.9. The number of carbonyl (C=O) groups excluding carboxylic acids is 1. The van der Waals surface area contributed by atoms with Crippen LogP contribution in [0.5, 0.6) is 5.75 Å². The molecule has 0 aliphatic carbocycles. The Hall–Kier alpha value is -2.66. The number of para-hydroxylation sites is 1. The minimum absolute atomic E-state index is 0.208. The van der Waals surface area contributed by atoms with Crippen LogP contribution in [0.15, 0.2) is 53.9 Å². The predicted molar refractivity (Wildman–Crippen MR) is 101 cm³/mol. The molecule has 2 heterocycles. The fourth-order valence-corrected chi connectivity index (χ4v) is 3.94. The lowest BCUT2D eigenvalue weighted by atomic mass is 10.1. The molecule has 0 radical (unpaired) electrons. The van der Waals surface area contributed by atoms with Crippen LogP contribution in [0.4, 0.5) is 5.69 Å². The van der Waals surface area contributed by atoms with Crippen molar-refractivity contribution in [1.82, 2.24) is 4.98 Å². The molecule has 126 valence electrons. The molecule has 0 spiro atoms. The van der Waals surface area contributed by atoms with Crippen LogP contribution in [-0.2, 0) is 4.79 Å². The number of hydrogen-bond donors (Lipinski definition) is 0. The van der Waals surface area contributed by atoms with Gasteiger partial charge >= 0.3 is 0 Å². The van der Waals surface area contributed by atoms with Crippen LogP contribution in [0.3, 0.4) is 0 Å². The number of ether oxygens (including phenoxy) is 1. The average molecular weight is 350 g/mol. The lowest BCUT2D eigenvalue weighted by molar-refractivity contribution is -0.117. The Bertz CT molecular complexity index is 902. The van der Waals surface area contributed by atoms with Crippen molar-refractivity contribution in [3.63, 3.8) is 0 Å². The maximum Gasteiger partial charge on any atom is 0.227 e. The van der Waals surface area contributed by atoms with Gasteiger partial charge in [-0.1, -0.05) is 24.3 Å². The Morgan fingerprint density at radius 3 is 2.64 bits per heavy atom. The third-order valence-electron chi connectivity index (χ3n) is 4.39. The molecule has 1 saturated heterocycles. The summed E-state index contributed by atoms with van der Waals surface area (Å²) in [6, 6.07) is 16.0. The Morgan fingerprint density at radius 1 is 1.12 bits per heavy atom. The van der Waals surface area contributed by atoms with Crippen LogP contribution < -0.4 is 9.64 Å². The maximum absolute atomic E-state index is 11.9. The Kier molecular flexibility index (Phi) is 4.24. The van der Waals surface area contributed by atoms with Crippen LogP contribution in [0.2, 0.25) is 0 Å². The second kappa shape index (κ2) is 6.69. The molecule has 0 unspecified atom stereocenters. The highest BCUT2D eigenvalue weighted by atomic mass is 32.1. The summed E-state index contributed by atoms with van der Waals surface area (Å²) in [7, 11) is 1.67. The van der Waals surface area contributed by atoms with Gasteiger partial charge in [0.05, 0.1) is 18.4 Å². The van der Waals surface area contributed by atoms with Gasteiger partial charge in [-0.15, -0.1) is 11.3 Å². The molecule has 4 nitrogen and oxygen atoms in total. The summed E-state index contributed by atoms with van der Waals surface area (Å²) in [6.07, 6.45) is 1.59. The number of aromatic nitrogens is 1. The third kappa shape index (κ3) is 3.03. The van der Waals surface area contributed by atoms with Gasteiger partial charge in [0.15, 0.2) is 0 Å². The first kappa shape index (κ1) is 15.8. The molecule has 0 atom stereocenters. The molecule has 2 aromatic carbocycles. The summed E-state index contributed by atoms with van der Waals surface area (Å²) >= 11 is 1.60. The van der Waals surface area contributed by atoms with Crippen molar-refractivity contribution in [1.29, 1.82) is 0 Å². The van der Waals surface area contributed by atoms with Crippen LogP contribution in [-0.4, -0.2) is 24.5 Å². The Balaban J connectivity index is 1.61. The van der Waals surface area contributed by atoms with Crippen LogP contribution in [0.1, 0.15) is 12.8 Å². The first-order valence-corrected chi connectivity index (χ1v) is 9.14. The van der Waals surface area contributed by atoms with Gasteiger partial charge in [-0.2, -0.15) is 0 Å². The topological polar surface area (TPSA) is 42.4 Å². The van der Waals surface area contributed by atoms with Crippen LogP contribution in [0.25, 0.3) is 21.8 Å². The number of rotatable bonds is 4. The number of nitrogens with zero attached hydrogens (tertiary/aromatic N) is 2. The number of amides is 1. The van der Waals surface area contributed by atoms with E-state index in [0.29, 0.717) is 6.42 Å². The molecule has 1 aliphatic heterocycles. The zero-order valence-corrected chi connectivity index (χ0v) is 14.8. The van der Waals surface area contributed by atoms with Crippen molar-refractivity contribution in [3.05, 3.63) is 53.9 Å². The smallest absolute Gasteiger partial charge is 0.227 e. The molecule has 1 aromatic heterocycles. The molecule has 1 amide bonds. The summed E-state index contributed by atoms with van der Waals surface area (Å²) in [5.74, 6) is 1.03. The van der Waals surface area contributed by atoms with E-state index in [-0.39, 0.29) is 5.91 Å². The van der Waals surface area contributed by atoms with Crippen molar-refractivity contribution < 1.29 is 9.53 Å². The highest BCUT2D eigenvalue weighted by Crippen LogP contribution is 2.35. The summed E-state index contributed by atoms with van der Waals surface area (Å²) in [5, 5.41) is 2.99. The van der Waals surface area contributed by atoms with Gasteiger partial charge in [-0.05, 0) is 30.7 Å². The fourth-order valence-electron chi connectivity index (χ4n) is 3.08. The van der Waals surface area contributed by atoms with E-state index < -0.39 is 0 Å². The first-order valence-electron chi connectivity index (χ1n) is 8.26. The number of carbonyl (C=O) groups is 1. The lowest BCUT2D eigenvalue weighted by Crippen LogP contribution is -2.23. The van der Waals surface area contributed by atoms with E-state index in [9.17, 15) is 4.79 Å². The third-order valence-corrected chi connectivity index (χ3v) is 5.27. The van der Waals surface area contributed by atoms with Gasteiger partial charge in [0, 0.05) is 29.6 Å². The summed E-state index contributed by atoms with van der Waals surface area (Å²) in [4.78, 5) is 18.5. The van der Waals surface area contributed by atoms with Gasteiger partial charge in [-0.3, -0.25) is 4.79 Å². The van der Waals surface area contributed by atoms with Gasteiger partial charge in [-0.25, -0.2) is 4.98 Å². The first-order chi connectivity index (χ1) is 12.3. The molecule has 3 aromatic rings. The summed E-state index contributed by atoms with van der Waals surface area (Å²) in [6.45, 7) is 0.812. The second-order valence-corrected chi connectivity index (χ2v) is 6.79. The lowest BCUT2D eigenvalue weighted by Gasteiger charge is -2.15. The fraction of sp³-hybridized carbons (Fsp3) is 0.200. The molecular formula is C20H18N2O2S. The number of hydrogen-bond acceptors (Lipinski definition) is 4. The van der Waals surface area contributed by atoms with E-state index >= 15 is 0 Å². The van der Waals surface area contributed by atoms with E-state index in [1.807, 2.05) is 53.4 Å². The molecule has 0 bridgehead atoms. The second-order valence-electron chi connectivity index (χ2n) is 5.93. The molecule has 4 rings (SSSR count). The van der Waals surface area contributed by atoms with Crippen LogP contribution in [0, 0.1) is 0 Å². The number of benzene rings is 2. The number of methoxy groups -OCH3 is 1. The molecule has 1 fully saturated rings. The van der Waals surface area contributed by atoms with Crippen molar-refractivity contribution in [2.24, 2.45) is 0 Å². The van der Waals surface area contributed by atoms with E-state index in [0.717, 1.165) is 46.2 Å². The number of thiazole rings is 1. The molecular weight excluding hydrogens is 332 g/mol. The molecule has 1 aliphatic rings. The van der Waals surface area contributed by atoms with Gasteiger partial charge < -0.3 is 9.64 Å². The van der Waals surface area contributed by atoms with Crippen molar-refractivity contribution in [3.8, 4) is 27.6 Å². The molecule has 0 N–H and O–H groups in total. The standard InChI is InChI=1S/C20H18N2O2S/c1-24-18-6-3-2-5-16(18)20-21-17(13-25-20)14-8-10-15(11-9-14)22-12-4-7-19(22)23/h2-3,5-6,8-11,13H,4,7,12H2,1H3. The quantitative estimate of drug-likeness (QED) is 0.690. The minimum atomic E-state index is 0.208. The molecule has 0 saturated carbocycles. The summed E-state index contributed by atoms with van der Waals surface area (Å²) < 4.78 is 5.43. The zero-order valence-electron chi connectivity index (χ0n) is 13.9. The van der Waals surface area contributed by atoms with Crippen LogP contribution >= 0.6 is 11.3 Å². The SMILES string of the molecule is COc1ccccc1-c1nc(-c2ccc(N3CCCC3=O)cc2)cs1. The van der Waals surface area contributed by atoms with E-state index in [4.69, 9.17) is 9.72 Å². The van der Waals surface area contributed by atoms with Gasteiger partial charge in [0.1, 0.15) is 10.8 Å². The molecule has 5 heteroatoms. The highest BCUT2D eigenvalue weighted by molar-refractivity contribution is 7.13. The summed E-state index contributed by atoms with van der Waals surface area (Å²) in [5.41, 5.74) is 3.95. The monoisotopic (exact) mass is 350 g/mol.